The zero-order chi connectivity index (χ0) is 38.9. The minimum absolute atomic E-state index is 0.435. The average Bonchev–Trinajstić information content (AvgIpc) is 3.27. The number of ether oxygens (including phenoxy) is 4. The molecule has 1 heterocycles. The number of benzene rings is 6. The maximum atomic E-state index is 6.34. The first-order valence-corrected chi connectivity index (χ1v) is 19.2. The van der Waals surface area contributed by atoms with E-state index in [1.807, 2.05) is 109 Å². The van der Waals surface area contributed by atoms with Gasteiger partial charge in [-0.05, 0) is 75.9 Å². The van der Waals surface area contributed by atoms with Crippen LogP contribution in [0, 0.1) is 0 Å². The van der Waals surface area contributed by atoms with E-state index in [1.165, 1.54) is 0 Å². The van der Waals surface area contributed by atoms with Crippen molar-refractivity contribution in [2.75, 3.05) is 6.54 Å². The molecule has 0 saturated heterocycles. The smallest absolute Gasteiger partial charge is 0.205 e. The van der Waals surface area contributed by atoms with Gasteiger partial charge in [-0.1, -0.05) is 133 Å². The molecular formula is C51H47N2O4+. The fourth-order valence-corrected chi connectivity index (χ4v) is 6.28. The van der Waals surface area contributed by atoms with Gasteiger partial charge in [0.1, 0.15) is 26.4 Å². The number of aromatic nitrogens is 1. The van der Waals surface area contributed by atoms with Gasteiger partial charge in [-0.25, -0.2) is 0 Å². The van der Waals surface area contributed by atoms with E-state index >= 15 is 0 Å². The predicted octanol–water partition coefficient (Wildman–Crippen LogP) is 10.6. The Morgan fingerprint density at radius 3 is 1.07 bits per heavy atom. The summed E-state index contributed by atoms with van der Waals surface area (Å²) in [6.07, 6.45) is 8.41. The monoisotopic (exact) mass is 751 g/mol. The van der Waals surface area contributed by atoms with E-state index in [0.717, 1.165) is 44.8 Å². The molecular weight excluding hydrogens is 705 g/mol. The molecule has 0 aliphatic heterocycles. The van der Waals surface area contributed by atoms with Crippen LogP contribution in [0.5, 0.6) is 23.0 Å². The van der Waals surface area contributed by atoms with E-state index in [-0.39, 0.29) is 0 Å². The molecule has 57 heavy (non-hydrogen) atoms. The van der Waals surface area contributed by atoms with Crippen LogP contribution in [0.3, 0.4) is 0 Å². The van der Waals surface area contributed by atoms with Crippen LogP contribution in [0.1, 0.15) is 44.8 Å². The summed E-state index contributed by atoms with van der Waals surface area (Å²) in [4.78, 5) is 0. The van der Waals surface area contributed by atoms with Crippen LogP contribution >= 0.6 is 0 Å². The van der Waals surface area contributed by atoms with Gasteiger partial charge in [0.25, 0.3) is 0 Å². The molecule has 0 fully saturated rings. The number of nitrogens with zero attached hydrogens (tertiary/aromatic N) is 1. The van der Waals surface area contributed by atoms with Crippen LogP contribution in [0.25, 0.3) is 24.3 Å². The highest BCUT2D eigenvalue weighted by Crippen LogP contribution is 2.32. The van der Waals surface area contributed by atoms with Crippen LogP contribution in [-0.2, 0) is 33.0 Å². The third-order valence-corrected chi connectivity index (χ3v) is 9.29. The van der Waals surface area contributed by atoms with Crippen molar-refractivity contribution >= 4 is 24.3 Å². The highest BCUT2D eigenvalue weighted by Gasteiger charge is 2.14. The normalized spacial score (nSPS) is 11.2. The summed E-state index contributed by atoms with van der Waals surface area (Å²) >= 11 is 0. The minimum Gasteiger partial charge on any atom is -0.485 e. The van der Waals surface area contributed by atoms with Gasteiger partial charge < -0.3 is 24.7 Å². The quantitative estimate of drug-likeness (QED) is 0.0885. The largest absolute Gasteiger partial charge is 0.485 e. The lowest BCUT2D eigenvalue weighted by atomic mass is 10.1. The summed E-state index contributed by atoms with van der Waals surface area (Å²) in [5.74, 6) is 2.77. The van der Waals surface area contributed by atoms with Crippen LogP contribution in [0.15, 0.2) is 176 Å². The van der Waals surface area contributed by atoms with E-state index < -0.39 is 0 Å². The van der Waals surface area contributed by atoms with Crippen molar-refractivity contribution in [1.29, 1.82) is 0 Å². The summed E-state index contributed by atoms with van der Waals surface area (Å²) in [6, 6.07) is 59.0. The molecule has 0 spiro atoms. The Labute approximate surface area is 335 Å². The Balaban J connectivity index is 1.11. The van der Waals surface area contributed by atoms with Gasteiger partial charge in [-0.15, -0.1) is 0 Å². The zero-order valence-electron chi connectivity index (χ0n) is 32.0. The Hall–Kier alpha value is -6.89. The summed E-state index contributed by atoms with van der Waals surface area (Å²) < 4.78 is 27.4. The average molecular weight is 752 g/mol. The highest BCUT2D eigenvalue weighted by molar-refractivity contribution is 5.71. The van der Waals surface area contributed by atoms with E-state index in [2.05, 4.69) is 95.6 Å². The molecule has 7 aromatic rings. The maximum absolute atomic E-state index is 6.34. The second-order valence-corrected chi connectivity index (χ2v) is 13.5. The molecule has 0 unspecified atom stereocenters. The Bertz CT molecular complexity index is 2200. The van der Waals surface area contributed by atoms with Gasteiger partial charge in [0, 0.05) is 24.3 Å². The number of hydrogen-bond acceptors (Lipinski definition) is 5. The molecule has 0 aliphatic rings. The van der Waals surface area contributed by atoms with Crippen molar-refractivity contribution in [1.82, 2.24) is 0 Å². The SMILES string of the molecule is NCC[n+]1c(/C=C/c2ccc(OCc3ccccc3)c(OCc3ccccc3)c2)cccc1/C=C/c1ccc(OCc2ccccc2)c(OCc2ccccc2)c1. The molecule has 0 atom stereocenters. The third kappa shape index (κ3) is 11.3. The molecule has 0 saturated carbocycles. The maximum Gasteiger partial charge on any atom is 0.205 e. The van der Waals surface area contributed by atoms with Crippen LogP contribution < -0.4 is 29.2 Å². The summed E-state index contributed by atoms with van der Waals surface area (Å²) in [5, 5.41) is 0. The standard InChI is InChI=1S/C51H47N2O4/c52-32-33-53-46(28-24-40-26-30-48(54-36-42-14-5-1-6-15-42)50(34-40)56-38-44-18-9-3-10-19-44)22-13-23-47(53)29-25-41-27-31-49(55-37-43-16-7-2-8-17-43)51(35-41)57-39-45-20-11-4-12-21-45/h1-31,34-35H,32-33,36-39,52H2/q+1/b28-24+,29-25+. The fraction of sp³-hybridized carbons (Fsp3) is 0.118. The van der Waals surface area contributed by atoms with Gasteiger partial charge >= 0.3 is 0 Å². The fourth-order valence-electron chi connectivity index (χ4n) is 6.28. The molecule has 0 aliphatic carbocycles. The van der Waals surface area contributed by atoms with Crippen molar-refractivity contribution in [3.63, 3.8) is 0 Å². The molecule has 0 amide bonds. The molecule has 2 N–H and O–H groups in total. The van der Waals surface area contributed by atoms with Crippen LogP contribution in [-0.4, -0.2) is 6.54 Å². The first kappa shape index (κ1) is 38.4. The van der Waals surface area contributed by atoms with E-state index in [9.17, 15) is 0 Å². The lowest BCUT2D eigenvalue weighted by Crippen LogP contribution is -2.43. The first-order valence-electron chi connectivity index (χ1n) is 19.2. The third-order valence-electron chi connectivity index (χ3n) is 9.29. The zero-order valence-corrected chi connectivity index (χ0v) is 32.0. The van der Waals surface area contributed by atoms with E-state index in [4.69, 9.17) is 24.7 Å². The second-order valence-electron chi connectivity index (χ2n) is 13.5. The van der Waals surface area contributed by atoms with Crippen LogP contribution in [0.2, 0.25) is 0 Å². The molecule has 284 valence electrons. The van der Waals surface area contributed by atoms with Gasteiger partial charge in [0.2, 0.25) is 11.4 Å². The van der Waals surface area contributed by atoms with Crippen molar-refractivity contribution < 1.29 is 23.5 Å². The van der Waals surface area contributed by atoms with Crippen molar-refractivity contribution in [2.24, 2.45) is 5.73 Å². The minimum atomic E-state index is 0.435. The van der Waals surface area contributed by atoms with Crippen molar-refractivity contribution in [2.45, 2.75) is 33.0 Å². The Morgan fingerprint density at radius 1 is 0.368 bits per heavy atom. The van der Waals surface area contributed by atoms with Gasteiger partial charge in [-0.3, -0.25) is 0 Å². The van der Waals surface area contributed by atoms with E-state index in [1.54, 1.807) is 0 Å². The predicted molar refractivity (Wildman–Crippen MR) is 230 cm³/mol. The molecule has 1 aromatic heterocycles. The molecule has 6 heteroatoms. The highest BCUT2D eigenvalue weighted by atomic mass is 16.5. The van der Waals surface area contributed by atoms with Gasteiger partial charge in [0.05, 0.1) is 6.54 Å². The molecule has 6 aromatic carbocycles. The van der Waals surface area contributed by atoms with Crippen molar-refractivity contribution in [3.05, 3.63) is 221 Å². The molecule has 6 nitrogen and oxygen atoms in total. The van der Waals surface area contributed by atoms with Gasteiger partial charge in [-0.2, -0.15) is 4.57 Å². The van der Waals surface area contributed by atoms with Crippen LogP contribution in [0.4, 0.5) is 0 Å². The Kier molecular flexibility index (Phi) is 13.6. The Morgan fingerprint density at radius 2 is 0.719 bits per heavy atom. The summed E-state index contributed by atoms with van der Waals surface area (Å²) in [7, 11) is 0. The summed E-state index contributed by atoms with van der Waals surface area (Å²) in [6.45, 7) is 2.91. The topological polar surface area (TPSA) is 66.8 Å². The summed E-state index contributed by atoms with van der Waals surface area (Å²) in [5.41, 5.74) is 14.5. The lowest BCUT2D eigenvalue weighted by Gasteiger charge is -2.14. The van der Waals surface area contributed by atoms with Gasteiger partial charge in [0.15, 0.2) is 29.5 Å². The van der Waals surface area contributed by atoms with Crippen molar-refractivity contribution in [3.8, 4) is 23.0 Å². The number of hydrogen-bond donors (Lipinski definition) is 1. The number of rotatable bonds is 18. The molecule has 0 radical (unpaired) electrons. The molecule has 7 rings (SSSR count). The molecule has 0 bridgehead atoms. The van der Waals surface area contributed by atoms with E-state index in [0.29, 0.717) is 62.5 Å². The number of nitrogens with two attached hydrogens (primary N) is 1. The lowest BCUT2D eigenvalue weighted by molar-refractivity contribution is -0.697. The first-order chi connectivity index (χ1) is 28.2. The second kappa shape index (κ2) is 20.1. The number of pyridine rings is 1.